The van der Waals surface area contributed by atoms with Crippen molar-refractivity contribution in [1.82, 2.24) is 9.88 Å². The number of rotatable bonds is 3. The third kappa shape index (κ3) is 3.46. The lowest BCUT2D eigenvalue weighted by Crippen LogP contribution is -2.43. The standard InChI is InChI=1S/C15H23N3O/c1-4-16-12-6-7-13(17-10-12)14(19)18-9-5-8-15(2,3)11-18/h6-7,10,16H,4-5,8-9,11H2,1-3H3. The predicted molar refractivity (Wildman–Crippen MR) is 77.3 cm³/mol. The molecular weight excluding hydrogens is 238 g/mol. The number of pyridine rings is 1. The minimum atomic E-state index is 0.0517. The van der Waals surface area contributed by atoms with Crippen molar-refractivity contribution in [2.24, 2.45) is 5.41 Å². The summed E-state index contributed by atoms with van der Waals surface area (Å²) in [6.07, 6.45) is 3.99. The molecule has 1 aliphatic rings. The van der Waals surface area contributed by atoms with Crippen molar-refractivity contribution < 1.29 is 4.79 Å². The third-order valence-corrected chi connectivity index (χ3v) is 3.55. The minimum Gasteiger partial charge on any atom is -0.384 e. The van der Waals surface area contributed by atoms with Crippen LogP contribution in [0, 0.1) is 5.41 Å². The molecular formula is C15H23N3O. The molecule has 0 aliphatic carbocycles. The number of carbonyl (C=O) groups is 1. The fraction of sp³-hybridized carbons (Fsp3) is 0.600. The van der Waals surface area contributed by atoms with Crippen molar-refractivity contribution in [1.29, 1.82) is 0 Å². The smallest absolute Gasteiger partial charge is 0.272 e. The quantitative estimate of drug-likeness (QED) is 0.910. The molecule has 2 heterocycles. The van der Waals surface area contributed by atoms with Gasteiger partial charge in [0.25, 0.3) is 5.91 Å². The van der Waals surface area contributed by atoms with Gasteiger partial charge in [0.15, 0.2) is 0 Å². The average Bonchev–Trinajstić information content (AvgIpc) is 2.38. The number of anilines is 1. The van der Waals surface area contributed by atoms with Crippen LogP contribution in [0.4, 0.5) is 5.69 Å². The lowest BCUT2D eigenvalue weighted by atomic mass is 9.84. The van der Waals surface area contributed by atoms with Crippen LogP contribution in [0.15, 0.2) is 18.3 Å². The molecule has 0 spiro atoms. The van der Waals surface area contributed by atoms with Gasteiger partial charge in [-0.1, -0.05) is 13.8 Å². The largest absolute Gasteiger partial charge is 0.384 e. The Morgan fingerprint density at radius 1 is 1.47 bits per heavy atom. The Morgan fingerprint density at radius 2 is 2.26 bits per heavy atom. The lowest BCUT2D eigenvalue weighted by molar-refractivity contribution is 0.0577. The van der Waals surface area contributed by atoms with E-state index in [1.165, 1.54) is 6.42 Å². The molecule has 0 atom stereocenters. The minimum absolute atomic E-state index is 0.0517. The van der Waals surface area contributed by atoms with Crippen LogP contribution in [0.3, 0.4) is 0 Å². The molecule has 1 aliphatic heterocycles. The maximum absolute atomic E-state index is 12.4. The molecule has 2 rings (SSSR count). The number of amides is 1. The van der Waals surface area contributed by atoms with Crippen LogP contribution in [-0.2, 0) is 0 Å². The number of carbonyl (C=O) groups excluding carboxylic acids is 1. The molecule has 1 saturated heterocycles. The molecule has 0 saturated carbocycles. The van der Waals surface area contributed by atoms with Crippen LogP contribution in [0.1, 0.15) is 44.1 Å². The van der Waals surface area contributed by atoms with Crippen molar-refractivity contribution in [3.63, 3.8) is 0 Å². The molecule has 4 nitrogen and oxygen atoms in total. The molecule has 0 unspecified atom stereocenters. The number of aromatic nitrogens is 1. The van der Waals surface area contributed by atoms with Crippen LogP contribution in [0.25, 0.3) is 0 Å². The third-order valence-electron chi connectivity index (χ3n) is 3.55. The number of piperidine rings is 1. The fourth-order valence-electron chi connectivity index (χ4n) is 2.59. The highest BCUT2D eigenvalue weighted by atomic mass is 16.2. The maximum Gasteiger partial charge on any atom is 0.272 e. The van der Waals surface area contributed by atoms with Crippen molar-refractivity contribution in [2.75, 3.05) is 25.0 Å². The zero-order chi connectivity index (χ0) is 13.9. The maximum atomic E-state index is 12.4. The van der Waals surface area contributed by atoms with E-state index in [-0.39, 0.29) is 11.3 Å². The van der Waals surface area contributed by atoms with Crippen LogP contribution in [0.2, 0.25) is 0 Å². The summed E-state index contributed by atoms with van der Waals surface area (Å²) < 4.78 is 0. The highest BCUT2D eigenvalue weighted by Gasteiger charge is 2.29. The molecule has 0 radical (unpaired) electrons. The van der Waals surface area contributed by atoms with E-state index < -0.39 is 0 Å². The first-order valence-electron chi connectivity index (χ1n) is 7.01. The molecule has 104 valence electrons. The van der Waals surface area contributed by atoms with Gasteiger partial charge in [-0.3, -0.25) is 4.79 Å². The number of nitrogens with one attached hydrogen (secondary N) is 1. The second-order valence-corrected chi connectivity index (χ2v) is 5.96. The molecule has 4 heteroatoms. The first-order chi connectivity index (χ1) is 9.02. The molecule has 19 heavy (non-hydrogen) atoms. The second kappa shape index (κ2) is 5.59. The summed E-state index contributed by atoms with van der Waals surface area (Å²) in [5.41, 5.74) is 1.72. The van der Waals surface area contributed by atoms with Gasteiger partial charge in [0.2, 0.25) is 0 Å². The fourth-order valence-corrected chi connectivity index (χ4v) is 2.59. The van der Waals surface area contributed by atoms with Crippen LogP contribution < -0.4 is 5.32 Å². The summed E-state index contributed by atoms with van der Waals surface area (Å²) in [4.78, 5) is 18.6. The highest BCUT2D eigenvalue weighted by molar-refractivity contribution is 5.92. The van der Waals surface area contributed by atoms with Gasteiger partial charge in [-0.05, 0) is 37.3 Å². The normalized spacial score (nSPS) is 18.2. The Labute approximate surface area is 115 Å². The Balaban J connectivity index is 2.06. The van der Waals surface area contributed by atoms with E-state index in [0.29, 0.717) is 5.69 Å². The van der Waals surface area contributed by atoms with E-state index >= 15 is 0 Å². The molecule has 1 amide bonds. The summed E-state index contributed by atoms with van der Waals surface area (Å²) in [5, 5.41) is 3.18. The van der Waals surface area contributed by atoms with E-state index in [1.54, 1.807) is 6.20 Å². The van der Waals surface area contributed by atoms with Crippen molar-refractivity contribution in [2.45, 2.75) is 33.6 Å². The van der Waals surface area contributed by atoms with Gasteiger partial charge >= 0.3 is 0 Å². The van der Waals surface area contributed by atoms with Gasteiger partial charge in [0, 0.05) is 19.6 Å². The van der Waals surface area contributed by atoms with Crippen molar-refractivity contribution >= 4 is 11.6 Å². The van der Waals surface area contributed by atoms with E-state index in [1.807, 2.05) is 24.0 Å². The average molecular weight is 261 g/mol. The number of hydrogen-bond acceptors (Lipinski definition) is 3. The van der Waals surface area contributed by atoms with Crippen LogP contribution in [-0.4, -0.2) is 35.4 Å². The second-order valence-electron chi connectivity index (χ2n) is 5.96. The van der Waals surface area contributed by atoms with Gasteiger partial charge in [0.05, 0.1) is 11.9 Å². The molecule has 1 fully saturated rings. The summed E-state index contributed by atoms with van der Waals surface area (Å²) in [5.74, 6) is 0.0517. The zero-order valence-electron chi connectivity index (χ0n) is 12.1. The van der Waals surface area contributed by atoms with E-state index in [0.717, 1.165) is 31.7 Å². The van der Waals surface area contributed by atoms with Crippen molar-refractivity contribution in [3.8, 4) is 0 Å². The first-order valence-corrected chi connectivity index (χ1v) is 7.01. The first kappa shape index (κ1) is 13.8. The van der Waals surface area contributed by atoms with E-state index in [4.69, 9.17) is 0 Å². The predicted octanol–water partition coefficient (Wildman–Crippen LogP) is 2.78. The topological polar surface area (TPSA) is 45.2 Å². The Bertz CT molecular complexity index is 439. The Kier molecular flexibility index (Phi) is 4.08. The molecule has 0 bridgehead atoms. The number of nitrogens with zero attached hydrogens (tertiary/aromatic N) is 2. The SMILES string of the molecule is CCNc1ccc(C(=O)N2CCCC(C)(C)C2)nc1. The Morgan fingerprint density at radius 3 is 2.84 bits per heavy atom. The monoisotopic (exact) mass is 261 g/mol. The number of likely N-dealkylation sites (tertiary alicyclic amines) is 1. The summed E-state index contributed by atoms with van der Waals surface area (Å²) in [6, 6.07) is 3.72. The van der Waals surface area contributed by atoms with Crippen LogP contribution in [0.5, 0.6) is 0 Å². The highest BCUT2D eigenvalue weighted by Crippen LogP contribution is 2.29. The van der Waals surface area contributed by atoms with Gasteiger partial charge in [-0.2, -0.15) is 0 Å². The summed E-state index contributed by atoms with van der Waals surface area (Å²) >= 11 is 0. The van der Waals surface area contributed by atoms with E-state index in [2.05, 4.69) is 24.1 Å². The summed E-state index contributed by atoms with van der Waals surface area (Å²) in [6.45, 7) is 8.99. The van der Waals surface area contributed by atoms with Gasteiger partial charge < -0.3 is 10.2 Å². The number of hydrogen-bond donors (Lipinski definition) is 1. The van der Waals surface area contributed by atoms with Crippen molar-refractivity contribution in [3.05, 3.63) is 24.0 Å². The van der Waals surface area contributed by atoms with Crippen LogP contribution >= 0.6 is 0 Å². The molecule has 1 aromatic heterocycles. The Hall–Kier alpha value is -1.58. The molecule has 1 aromatic rings. The molecule has 1 N–H and O–H groups in total. The van der Waals surface area contributed by atoms with E-state index in [9.17, 15) is 4.79 Å². The van der Waals surface area contributed by atoms with Gasteiger partial charge in [-0.25, -0.2) is 4.98 Å². The molecule has 0 aromatic carbocycles. The zero-order valence-corrected chi connectivity index (χ0v) is 12.1. The summed E-state index contributed by atoms with van der Waals surface area (Å²) in [7, 11) is 0. The van der Waals surface area contributed by atoms with Gasteiger partial charge in [-0.15, -0.1) is 0 Å². The van der Waals surface area contributed by atoms with Gasteiger partial charge in [0.1, 0.15) is 5.69 Å². The lowest BCUT2D eigenvalue weighted by Gasteiger charge is -2.37.